The molecule has 7 rings (SSSR count). The number of benzene rings is 2. The number of alkyl halides is 2. The Morgan fingerprint density at radius 3 is 1.71 bits per heavy atom. The van der Waals surface area contributed by atoms with Crippen LogP contribution >= 0.6 is 54.5 Å². The van der Waals surface area contributed by atoms with Crippen LogP contribution in [0.1, 0.15) is 96.3 Å². The van der Waals surface area contributed by atoms with Gasteiger partial charge < -0.3 is 60.5 Å². The van der Waals surface area contributed by atoms with Gasteiger partial charge in [-0.2, -0.15) is 0 Å². The number of phosphoric acid groups is 1. The van der Waals surface area contributed by atoms with Crippen LogP contribution in [-0.2, 0) is 43.7 Å². The summed E-state index contributed by atoms with van der Waals surface area (Å²) in [4.78, 5) is 60.1. The molecule has 5 aliphatic rings. The van der Waals surface area contributed by atoms with Crippen LogP contribution in [0.4, 0.5) is 4.39 Å². The Morgan fingerprint density at radius 2 is 1.28 bits per heavy atom. The van der Waals surface area contributed by atoms with Crippen LogP contribution < -0.4 is 10.6 Å². The van der Waals surface area contributed by atoms with E-state index in [9.17, 15) is 53.1 Å². The molecule has 2 aromatic carbocycles. The number of ether oxygens (including phenoxy) is 2. The summed E-state index contributed by atoms with van der Waals surface area (Å²) >= 11 is 14.9. The van der Waals surface area contributed by atoms with Crippen molar-refractivity contribution >= 4 is 100 Å². The highest BCUT2D eigenvalue weighted by molar-refractivity contribution is 7.99. The lowest BCUT2D eigenvalue weighted by molar-refractivity contribution is -0.205. The van der Waals surface area contributed by atoms with E-state index in [-0.39, 0.29) is 36.1 Å². The summed E-state index contributed by atoms with van der Waals surface area (Å²) in [6.45, 7) is 11.2. The van der Waals surface area contributed by atoms with Crippen molar-refractivity contribution in [1.29, 1.82) is 0 Å². The van der Waals surface area contributed by atoms with Crippen LogP contribution in [0.25, 0.3) is 17.2 Å². The number of hydrogen-bond donors (Lipinski definition) is 10. The van der Waals surface area contributed by atoms with Crippen molar-refractivity contribution in [2.24, 2.45) is 11.8 Å². The lowest BCUT2D eigenvalue weighted by Gasteiger charge is -2.45. The first kappa shape index (κ1) is 71.2. The van der Waals surface area contributed by atoms with Gasteiger partial charge in [0.25, 0.3) is 0 Å². The van der Waals surface area contributed by atoms with E-state index in [2.05, 4.69) is 29.0 Å². The van der Waals surface area contributed by atoms with E-state index in [0.29, 0.717) is 23.0 Å². The number of thioether (sulfide) groups is 2. The van der Waals surface area contributed by atoms with Crippen molar-refractivity contribution in [1.82, 2.24) is 20.4 Å². The second kappa shape index (κ2) is 32.1. The molecule has 4 fully saturated rings. The monoisotopic (exact) mass is 1280 g/mol. The molecule has 4 saturated heterocycles. The van der Waals surface area contributed by atoms with E-state index in [1.165, 1.54) is 23.9 Å². The molecular formula is C56H84Cl2FN4O16PS3. The fourth-order valence-corrected chi connectivity index (χ4v) is 14.5. The summed E-state index contributed by atoms with van der Waals surface area (Å²) in [6, 6.07) is 9.70. The minimum absolute atomic E-state index is 0.145. The SMILES string of the molecule is CC1=C(CC(=O)O)c2cc(F)ccc2/C1=C\c1ccc(S(C)=O)cc1.CCC[C@@H]1C[C@@H](C(=O)N[C@@H]([C@H]2O[C@H](SC)[C@H](O)[C@@H](O)[C@H]2O)[C@H](C)Cl)N(C)C1.CCC[C@@H]1C[C@@H](C(=O)N[C@@H]([C@H]2O[C@H](SC)[C@H](OP(=O)(O)O)[C@@H](O)[C@H]2O)[C@H](C)Cl)N(C)C1. The molecule has 468 valence electrons. The van der Waals surface area contributed by atoms with Gasteiger partial charge in [0.2, 0.25) is 11.8 Å². The number of hydrogen-bond acceptors (Lipinski definition) is 17. The molecule has 1 unspecified atom stereocenters. The van der Waals surface area contributed by atoms with Gasteiger partial charge in [-0.15, -0.1) is 46.7 Å². The molecule has 4 aliphatic heterocycles. The molecule has 0 spiro atoms. The summed E-state index contributed by atoms with van der Waals surface area (Å²) in [6.07, 6.45) is 1.96. The zero-order valence-corrected chi connectivity index (χ0v) is 53.3. The predicted molar refractivity (Wildman–Crippen MR) is 323 cm³/mol. The van der Waals surface area contributed by atoms with Gasteiger partial charge in [0.1, 0.15) is 65.5 Å². The van der Waals surface area contributed by atoms with Gasteiger partial charge in [-0.3, -0.25) is 32.9 Å². The standard InChI is InChI=1S/C20H17FO3S.C18H34ClN2O8PS.C18H33ClN2O5S/c1-12-17(9-13-3-6-15(7-4-13)25(2)24)16-8-5-14(21)10-19(16)18(12)11-20(22)23;1-5-6-10-7-11(21(3)8-10)17(24)20-12(9(2)19)15-13(22)14(23)16(18(28-15)31-4)29-30(25,26)27;1-5-6-10-7-11(21(3)8-10)17(25)20-12(9(2)19)16-14(23)13(22)15(24)18(26-16)27-4/h3-10H,11H2,1-2H3,(H,22,23);9-16,18,22-23H,5-8H2,1-4H3,(H,20,24)(H2,25,26,27);9-16,18,22-24H,5-8H2,1-4H3,(H,20,25)/b17-9-;;/t;9-,10+,11-,12+,13+,14-,15+,16+,18+;9-,10+,11-,12+,13-,14+,15+,16+,18+/m.00/s1. The second-order valence-corrected chi connectivity index (χ2v) is 27.8. The number of likely N-dealkylation sites (tertiary alicyclic amines) is 2. The maximum atomic E-state index is 13.7. The predicted octanol–water partition coefficient (Wildman–Crippen LogP) is 5.26. The van der Waals surface area contributed by atoms with Gasteiger partial charge in [0.15, 0.2) is 0 Å². The molecule has 83 heavy (non-hydrogen) atoms. The maximum absolute atomic E-state index is 13.7. The molecule has 0 radical (unpaired) electrons. The molecule has 10 N–H and O–H groups in total. The Bertz CT molecular complexity index is 2640. The smallest absolute Gasteiger partial charge is 0.470 e. The lowest BCUT2D eigenvalue weighted by Crippen LogP contribution is -2.65. The van der Waals surface area contributed by atoms with Gasteiger partial charge in [0.05, 0.1) is 41.3 Å². The molecule has 0 bridgehead atoms. The highest BCUT2D eigenvalue weighted by atomic mass is 35.5. The Morgan fingerprint density at radius 1 is 0.795 bits per heavy atom. The number of aliphatic hydroxyl groups excluding tert-OH is 5. The number of nitrogens with zero attached hydrogens (tertiary/aromatic N) is 2. The van der Waals surface area contributed by atoms with Crippen molar-refractivity contribution in [2.75, 3.05) is 46.0 Å². The normalized spacial score (nSPS) is 31.6. The van der Waals surface area contributed by atoms with E-state index >= 15 is 0 Å². The van der Waals surface area contributed by atoms with Crippen molar-refractivity contribution < 1.29 is 82.0 Å². The minimum atomic E-state index is -4.93. The average Bonchev–Trinajstić information content (AvgIpc) is 4.32. The van der Waals surface area contributed by atoms with Crippen LogP contribution in [0.2, 0.25) is 0 Å². The number of amides is 2. The number of carboxylic acid groups (broad SMARTS) is 1. The van der Waals surface area contributed by atoms with Gasteiger partial charge >= 0.3 is 13.8 Å². The Hall–Kier alpha value is -2.56. The molecule has 20 nitrogen and oxygen atoms in total. The van der Waals surface area contributed by atoms with E-state index in [1.807, 2.05) is 49.0 Å². The van der Waals surface area contributed by atoms with Gasteiger partial charge in [-0.05, 0) is 149 Å². The van der Waals surface area contributed by atoms with Gasteiger partial charge in [-0.25, -0.2) is 8.96 Å². The first-order valence-electron chi connectivity index (χ1n) is 27.6. The van der Waals surface area contributed by atoms with Gasteiger partial charge in [0, 0.05) is 35.0 Å². The number of carbonyl (C=O) groups excluding carboxylic acids is 2. The van der Waals surface area contributed by atoms with Crippen molar-refractivity contribution in [3.8, 4) is 0 Å². The van der Waals surface area contributed by atoms with Gasteiger partial charge in [-0.1, -0.05) is 44.9 Å². The van der Waals surface area contributed by atoms with E-state index in [4.69, 9.17) is 47.6 Å². The second-order valence-electron chi connectivity index (χ2n) is 22.0. The third-order valence-corrected chi connectivity index (χ3v) is 19.5. The minimum Gasteiger partial charge on any atom is -0.481 e. The molecule has 0 saturated carbocycles. The molecule has 0 aromatic heterocycles. The zero-order valence-electron chi connectivity index (χ0n) is 48.4. The van der Waals surface area contributed by atoms with E-state index < -0.39 is 107 Å². The summed E-state index contributed by atoms with van der Waals surface area (Å²) in [5, 5.41) is 65.6. The highest BCUT2D eigenvalue weighted by Gasteiger charge is 2.52. The summed E-state index contributed by atoms with van der Waals surface area (Å²) in [7, 11) is -2.14. The maximum Gasteiger partial charge on any atom is 0.470 e. The number of aliphatic carboxylic acids is 1. The lowest BCUT2D eigenvalue weighted by atomic mass is 9.92. The summed E-state index contributed by atoms with van der Waals surface area (Å²) < 4.78 is 52.7. The molecular weight excluding hydrogens is 1200 g/mol. The highest BCUT2D eigenvalue weighted by Crippen LogP contribution is 2.45. The fourth-order valence-electron chi connectivity index (χ4n) is 11.5. The molecule has 2 amide bonds. The Balaban J connectivity index is 0.000000229. The Labute approximate surface area is 507 Å². The summed E-state index contributed by atoms with van der Waals surface area (Å²) in [5.74, 6) is -0.783. The van der Waals surface area contributed by atoms with Crippen LogP contribution in [0, 0.1) is 17.7 Å². The number of fused-ring (bicyclic) bond motifs is 1. The number of allylic oxidation sites excluding steroid dienone is 2. The number of halogens is 3. The zero-order chi connectivity index (χ0) is 61.9. The average molecular weight is 1290 g/mol. The third-order valence-electron chi connectivity index (χ3n) is 15.8. The first-order chi connectivity index (χ1) is 39.0. The van der Waals surface area contributed by atoms with E-state index in [1.54, 1.807) is 50.8 Å². The van der Waals surface area contributed by atoms with Crippen LogP contribution in [0.3, 0.4) is 0 Å². The molecule has 27 heteroatoms. The number of phosphoric ester groups is 1. The molecule has 2 aromatic rings. The topological polar surface area (TPSA) is 305 Å². The number of carboxylic acids is 1. The summed E-state index contributed by atoms with van der Waals surface area (Å²) in [5.41, 5.74) is 3.05. The van der Waals surface area contributed by atoms with Crippen molar-refractivity contribution in [3.05, 3.63) is 70.5 Å². The number of rotatable bonds is 20. The molecule has 19 atom stereocenters. The van der Waals surface area contributed by atoms with Crippen LogP contribution in [0.5, 0.6) is 0 Å². The number of aliphatic hydroxyl groups is 5. The number of nitrogens with one attached hydrogen (secondary N) is 2. The van der Waals surface area contributed by atoms with Crippen LogP contribution in [-0.4, -0.2) is 213 Å². The van der Waals surface area contributed by atoms with E-state index in [0.717, 1.165) is 90.5 Å². The number of carbonyl (C=O) groups is 3. The van der Waals surface area contributed by atoms with Crippen molar-refractivity contribution in [2.45, 2.75) is 179 Å². The third kappa shape index (κ3) is 18.7. The largest absolute Gasteiger partial charge is 0.481 e. The molecule has 4 heterocycles. The molecule has 1 aliphatic carbocycles. The van der Waals surface area contributed by atoms with Crippen molar-refractivity contribution in [3.63, 3.8) is 0 Å². The number of likely N-dealkylation sites (N-methyl/N-ethyl adjacent to an activating group) is 2. The van der Waals surface area contributed by atoms with Crippen LogP contribution in [0.15, 0.2) is 52.9 Å². The quantitative estimate of drug-likeness (QED) is 0.0597. The first-order valence-corrected chi connectivity index (χ1v) is 34.2. The Kier molecular flexibility index (Phi) is 27.5. The fraction of sp³-hybridized carbons (Fsp3) is 0.661.